The summed E-state index contributed by atoms with van der Waals surface area (Å²) in [4.78, 5) is 27.5. The molecule has 0 aromatic heterocycles. The van der Waals surface area contributed by atoms with E-state index in [1.807, 2.05) is 6.92 Å². The van der Waals surface area contributed by atoms with Gasteiger partial charge in [-0.05, 0) is 38.5 Å². The monoisotopic (exact) mass is 298 g/mol. The van der Waals surface area contributed by atoms with Gasteiger partial charge in [0.15, 0.2) is 0 Å². The minimum absolute atomic E-state index is 0.0499. The number of aliphatic hydroxyl groups excluding tert-OH is 1. The lowest BCUT2D eigenvalue weighted by atomic mass is 9.76. The van der Waals surface area contributed by atoms with E-state index in [0.717, 1.165) is 25.7 Å². The molecule has 2 fully saturated rings. The van der Waals surface area contributed by atoms with Gasteiger partial charge in [0.1, 0.15) is 6.04 Å². The normalized spacial score (nSPS) is 28.9. The van der Waals surface area contributed by atoms with E-state index in [4.69, 9.17) is 5.11 Å². The Balaban J connectivity index is 2.23. The Kier molecular flexibility index (Phi) is 5.45. The summed E-state index contributed by atoms with van der Waals surface area (Å²) in [6.45, 7) is 2.50. The zero-order valence-corrected chi connectivity index (χ0v) is 12.7. The molecule has 1 aliphatic heterocycles. The fourth-order valence-electron chi connectivity index (χ4n) is 3.82. The van der Waals surface area contributed by atoms with Crippen molar-refractivity contribution >= 4 is 12.0 Å². The van der Waals surface area contributed by atoms with Crippen LogP contribution in [0.1, 0.15) is 45.4 Å². The second-order valence-electron chi connectivity index (χ2n) is 6.04. The number of carbonyl (C=O) groups excluding carboxylic acids is 1. The number of piperidine rings is 1. The Morgan fingerprint density at radius 2 is 1.90 bits per heavy atom. The molecule has 1 saturated carbocycles. The molecular formula is C15H26N2O4. The molecule has 1 heterocycles. The SMILES string of the molecule is CCN(CCO)C(=O)N1C(C(=O)O)CCC2CCCCC21. The number of fused-ring (bicyclic) bond motifs is 1. The zero-order valence-electron chi connectivity index (χ0n) is 12.7. The van der Waals surface area contributed by atoms with Crippen molar-refractivity contribution in [2.75, 3.05) is 19.7 Å². The molecule has 3 atom stereocenters. The summed E-state index contributed by atoms with van der Waals surface area (Å²) >= 11 is 0. The average molecular weight is 298 g/mol. The summed E-state index contributed by atoms with van der Waals surface area (Å²) in [7, 11) is 0. The first-order valence-electron chi connectivity index (χ1n) is 8.01. The van der Waals surface area contributed by atoms with Crippen molar-refractivity contribution in [3.63, 3.8) is 0 Å². The number of carbonyl (C=O) groups is 2. The number of hydrogen-bond acceptors (Lipinski definition) is 3. The van der Waals surface area contributed by atoms with Gasteiger partial charge in [-0.1, -0.05) is 12.8 Å². The van der Waals surface area contributed by atoms with Crippen LogP contribution in [0.5, 0.6) is 0 Å². The van der Waals surface area contributed by atoms with Crippen LogP contribution in [0.15, 0.2) is 0 Å². The van der Waals surface area contributed by atoms with Crippen molar-refractivity contribution < 1.29 is 19.8 Å². The number of likely N-dealkylation sites (N-methyl/N-ethyl adjacent to an activating group) is 1. The smallest absolute Gasteiger partial charge is 0.326 e. The third-order valence-corrected chi connectivity index (χ3v) is 4.90. The van der Waals surface area contributed by atoms with Gasteiger partial charge in [0, 0.05) is 19.1 Å². The standard InChI is InChI=1S/C15H26N2O4/c1-2-16(9-10-18)15(21)17-12-6-4-3-5-11(12)7-8-13(17)14(19)20/h11-13,18H,2-10H2,1H3,(H,19,20). The topological polar surface area (TPSA) is 81.1 Å². The number of hydrogen-bond donors (Lipinski definition) is 2. The number of aliphatic hydroxyl groups is 1. The lowest BCUT2D eigenvalue weighted by molar-refractivity contribution is -0.146. The predicted octanol–water partition coefficient (Wildman–Crippen LogP) is 1.53. The maximum atomic E-state index is 12.8. The highest BCUT2D eigenvalue weighted by molar-refractivity contribution is 5.83. The Hall–Kier alpha value is -1.30. The van der Waals surface area contributed by atoms with Gasteiger partial charge in [0.05, 0.1) is 6.61 Å². The van der Waals surface area contributed by atoms with E-state index in [1.54, 1.807) is 9.80 Å². The maximum absolute atomic E-state index is 12.8. The van der Waals surface area contributed by atoms with E-state index in [1.165, 1.54) is 6.42 Å². The van der Waals surface area contributed by atoms with Crippen LogP contribution >= 0.6 is 0 Å². The van der Waals surface area contributed by atoms with Crippen molar-refractivity contribution in [2.24, 2.45) is 5.92 Å². The number of likely N-dealkylation sites (tertiary alicyclic amines) is 1. The van der Waals surface area contributed by atoms with E-state index in [-0.39, 0.29) is 25.2 Å². The highest BCUT2D eigenvalue weighted by atomic mass is 16.4. The maximum Gasteiger partial charge on any atom is 0.326 e. The zero-order chi connectivity index (χ0) is 15.4. The van der Waals surface area contributed by atoms with Crippen LogP contribution < -0.4 is 0 Å². The molecule has 2 rings (SSSR count). The number of nitrogens with zero attached hydrogens (tertiary/aromatic N) is 2. The third kappa shape index (κ3) is 3.31. The molecule has 2 N–H and O–H groups in total. The Morgan fingerprint density at radius 1 is 1.19 bits per heavy atom. The minimum Gasteiger partial charge on any atom is -0.480 e. The molecular weight excluding hydrogens is 272 g/mol. The van der Waals surface area contributed by atoms with E-state index in [9.17, 15) is 14.7 Å². The molecule has 6 heteroatoms. The van der Waals surface area contributed by atoms with E-state index in [2.05, 4.69) is 0 Å². The van der Waals surface area contributed by atoms with Gasteiger partial charge in [-0.25, -0.2) is 9.59 Å². The molecule has 120 valence electrons. The van der Waals surface area contributed by atoms with Crippen molar-refractivity contribution in [3.8, 4) is 0 Å². The number of carboxylic acid groups (broad SMARTS) is 1. The summed E-state index contributed by atoms with van der Waals surface area (Å²) < 4.78 is 0. The van der Waals surface area contributed by atoms with Gasteiger partial charge in [0.25, 0.3) is 0 Å². The highest BCUT2D eigenvalue weighted by Gasteiger charge is 2.44. The Bertz CT molecular complexity index is 388. The van der Waals surface area contributed by atoms with Gasteiger partial charge < -0.3 is 20.0 Å². The molecule has 0 radical (unpaired) electrons. The molecule has 0 aromatic carbocycles. The minimum atomic E-state index is -0.910. The summed E-state index contributed by atoms with van der Waals surface area (Å²) in [6, 6.07) is -0.894. The van der Waals surface area contributed by atoms with Crippen LogP contribution in [-0.4, -0.2) is 63.8 Å². The summed E-state index contributed by atoms with van der Waals surface area (Å²) in [5.41, 5.74) is 0. The van der Waals surface area contributed by atoms with Crippen molar-refractivity contribution in [2.45, 2.75) is 57.5 Å². The van der Waals surface area contributed by atoms with Crippen molar-refractivity contribution in [1.82, 2.24) is 9.80 Å². The number of aliphatic carboxylic acids is 1. The lowest BCUT2D eigenvalue weighted by Crippen LogP contribution is -2.60. The molecule has 1 saturated heterocycles. The van der Waals surface area contributed by atoms with Crippen LogP contribution in [0, 0.1) is 5.92 Å². The Morgan fingerprint density at radius 3 is 2.52 bits per heavy atom. The molecule has 0 spiro atoms. The van der Waals surface area contributed by atoms with E-state index >= 15 is 0 Å². The molecule has 6 nitrogen and oxygen atoms in total. The van der Waals surface area contributed by atoms with Crippen LogP contribution in [0.2, 0.25) is 0 Å². The largest absolute Gasteiger partial charge is 0.480 e. The van der Waals surface area contributed by atoms with Gasteiger partial charge in [-0.15, -0.1) is 0 Å². The summed E-state index contributed by atoms with van der Waals surface area (Å²) in [5, 5.41) is 18.6. The molecule has 2 aliphatic rings. The first kappa shape index (κ1) is 16.1. The first-order chi connectivity index (χ1) is 10.1. The van der Waals surface area contributed by atoms with E-state index < -0.39 is 12.0 Å². The van der Waals surface area contributed by atoms with Crippen LogP contribution in [0.3, 0.4) is 0 Å². The second kappa shape index (κ2) is 7.11. The number of rotatable bonds is 4. The quantitative estimate of drug-likeness (QED) is 0.824. The van der Waals surface area contributed by atoms with Crippen LogP contribution in [0.25, 0.3) is 0 Å². The third-order valence-electron chi connectivity index (χ3n) is 4.90. The van der Waals surface area contributed by atoms with Gasteiger partial charge in [-0.2, -0.15) is 0 Å². The number of carboxylic acids is 1. The van der Waals surface area contributed by atoms with E-state index in [0.29, 0.717) is 18.9 Å². The molecule has 21 heavy (non-hydrogen) atoms. The highest BCUT2D eigenvalue weighted by Crippen LogP contribution is 2.38. The summed E-state index contributed by atoms with van der Waals surface area (Å²) in [5.74, 6) is -0.474. The molecule has 3 unspecified atom stereocenters. The van der Waals surface area contributed by atoms with Gasteiger partial charge in [0.2, 0.25) is 0 Å². The summed E-state index contributed by atoms with van der Waals surface area (Å²) in [6.07, 6.45) is 5.67. The average Bonchev–Trinajstić information content (AvgIpc) is 2.50. The Labute approximate surface area is 125 Å². The van der Waals surface area contributed by atoms with Gasteiger partial charge in [-0.3, -0.25) is 0 Å². The molecule has 0 aromatic rings. The molecule has 0 bridgehead atoms. The van der Waals surface area contributed by atoms with Gasteiger partial charge >= 0.3 is 12.0 Å². The lowest BCUT2D eigenvalue weighted by Gasteiger charge is -2.48. The fraction of sp³-hybridized carbons (Fsp3) is 0.867. The fourth-order valence-corrected chi connectivity index (χ4v) is 3.82. The van der Waals surface area contributed by atoms with Crippen LogP contribution in [-0.2, 0) is 4.79 Å². The number of amides is 2. The molecule has 2 amide bonds. The van der Waals surface area contributed by atoms with Crippen molar-refractivity contribution in [1.29, 1.82) is 0 Å². The second-order valence-corrected chi connectivity index (χ2v) is 6.04. The van der Waals surface area contributed by atoms with Crippen molar-refractivity contribution in [3.05, 3.63) is 0 Å². The number of urea groups is 1. The van der Waals surface area contributed by atoms with Crippen LogP contribution in [0.4, 0.5) is 4.79 Å². The molecule has 1 aliphatic carbocycles. The first-order valence-corrected chi connectivity index (χ1v) is 8.01. The predicted molar refractivity (Wildman–Crippen MR) is 78.0 cm³/mol.